The van der Waals surface area contributed by atoms with Gasteiger partial charge >= 0.3 is 0 Å². The first-order valence-electron chi connectivity index (χ1n) is 7.10. The number of pyridine rings is 1. The molecule has 3 heteroatoms. The van der Waals surface area contributed by atoms with Crippen LogP contribution in [0.1, 0.15) is 11.1 Å². The molecule has 0 bridgehead atoms. The van der Waals surface area contributed by atoms with E-state index in [1.54, 1.807) is 0 Å². The lowest BCUT2D eigenvalue weighted by Crippen LogP contribution is -2.17. The summed E-state index contributed by atoms with van der Waals surface area (Å²) in [6.07, 6.45) is 1.88. The van der Waals surface area contributed by atoms with Crippen molar-refractivity contribution in [3.05, 3.63) is 71.9 Å². The van der Waals surface area contributed by atoms with E-state index >= 15 is 0 Å². The number of rotatable bonds is 4. The van der Waals surface area contributed by atoms with E-state index in [-0.39, 0.29) is 0 Å². The van der Waals surface area contributed by atoms with Gasteiger partial charge in [-0.05, 0) is 35.4 Å². The molecule has 3 aromatic rings. The Hall–Kier alpha value is -2.39. The Labute approximate surface area is 125 Å². The largest absolute Gasteiger partial charge is 0.370 e. The van der Waals surface area contributed by atoms with Gasteiger partial charge in [0, 0.05) is 37.4 Å². The van der Waals surface area contributed by atoms with Gasteiger partial charge in [-0.3, -0.25) is 4.98 Å². The molecule has 0 fully saturated rings. The standard InChI is InChI=1S/C18H19N3/c1-21(16-6-4-5-14(11-16)12-19)13-15-9-10-20-18-8-3-2-7-17(15)18/h2-11H,12-13,19H2,1H3. The van der Waals surface area contributed by atoms with Gasteiger partial charge in [-0.1, -0.05) is 30.3 Å². The summed E-state index contributed by atoms with van der Waals surface area (Å²) in [6.45, 7) is 1.41. The van der Waals surface area contributed by atoms with Crippen molar-refractivity contribution in [2.45, 2.75) is 13.1 Å². The quantitative estimate of drug-likeness (QED) is 0.795. The number of para-hydroxylation sites is 1. The van der Waals surface area contributed by atoms with Crippen molar-refractivity contribution in [2.24, 2.45) is 5.73 Å². The van der Waals surface area contributed by atoms with Gasteiger partial charge in [-0.2, -0.15) is 0 Å². The Kier molecular flexibility index (Phi) is 3.84. The second-order valence-corrected chi connectivity index (χ2v) is 5.22. The van der Waals surface area contributed by atoms with E-state index in [1.165, 1.54) is 16.6 Å². The van der Waals surface area contributed by atoms with Gasteiger partial charge in [-0.25, -0.2) is 0 Å². The van der Waals surface area contributed by atoms with Crippen LogP contribution in [0.5, 0.6) is 0 Å². The first-order valence-corrected chi connectivity index (χ1v) is 7.10. The van der Waals surface area contributed by atoms with Crippen LogP contribution in [0, 0.1) is 0 Å². The summed E-state index contributed by atoms with van der Waals surface area (Å²) in [7, 11) is 2.10. The molecular weight excluding hydrogens is 258 g/mol. The van der Waals surface area contributed by atoms with Gasteiger partial charge in [0.25, 0.3) is 0 Å². The molecule has 0 atom stereocenters. The summed E-state index contributed by atoms with van der Waals surface area (Å²) < 4.78 is 0. The number of hydrogen-bond acceptors (Lipinski definition) is 3. The molecule has 1 aromatic heterocycles. The molecule has 0 amide bonds. The summed E-state index contributed by atoms with van der Waals surface area (Å²) in [4.78, 5) is 6.65. The topological polar surface area (TPSA) is 42.2 Å². The molecule has 1 heterocycles. The lowest BCUT2D eigenvalue weighted by molar-refractivity contribution is 0.924. The highest BCUT2D eigenvalue weighted by Gasteiger charge is 2.06. The highest BCUT2D eigenvalue weighted by atomic mass is 15.1. The number of fused-ring (bicyclic) bond motifs is 1. The Bertz CT molecular complexity index is 747. The molecule has 21 heavy (non-hydrogen) atoms. The maximum Gasteiger partial charge on any atom is 0.0705 e. The molecule has 3 nitrogen and oxygen atoms in total. The normalized spacial score (nSPS) is 10.8. The Balaban J connectivity index is 1.90. The summed E-state index contributed by atoms with van der Waals surface area (Å²) in [5, 5.41) is 1.21. The highest BCUT2D eigenvalue weighted by molar-refractivity contribution is 5.82. The fraction of sp³-hybridized carbons (Fsp3) is 0.167. The second kappa shape index (κ2) is 5.94. The van der Waals surface area contributed by atoms with E-state index in [0.717, 1.165) is 17.6 Å². The third-order valence-corrected chi connectivity index (χ3v) is 3.73. The lowest BCUT2D eigenvalue weighted by Gasteiger charge is -2.21. The molecule has 0 aliphatic rings. The van der Waals surface area contributed by atoms with Crippen LogP contribution in [-0.4, -0.2) is 12.0 Å². The molecule has 0 aliphatic carbocycles. The average molecular weight is 277 g/mol. The first-order chi connectivity index (χ1) is 10.3. The van der Waals surface area contributed by atoms with Crippen molar-refractivity contribution < 1.29 is 0 Å². The number of aromatic nitrogens is 1. The predicted molar refractivity (Wildman–Crippen MR) is 88.2 cm³/mol. The third kappa shape index (κ3) is 2.88. The molecule has 0 aliphatic heterocycles. The number of nitrogens with zero attached hydrogens (tertiary/aromatic N) is 2. The maximum atomic E-state index is 5.72. The minimum Gasteiger partial charge on any atom is -0.370 e. The van der Waals surface area contributed by atoms with Crippen LogP contribution in [0.4, 0.5) is 5.69 Å². The van der Waals surface area contributed by atoms with Gasteiger partial charge in [0.2, 0.25) is 0 Å². The minimum atomic E-state index is 0.569. The van der Waals surface area contributed by atoms with E-state index in [1.807, 2.05) is 18.3 Å². The molecule has 2 aromatic carbocycles. The van der Waals surface area contributed by atoms with Crippen molar-refractivity contribution in [3.8, 4) is 0 Å². The van der Waals surface area contributed by atoms with Crippen LogP contribution >= 0.6 is 0 Å². The molecule has 106 valence electrons. The summed E-state index contributed by atoms with van der Waals surface area (Å²) >= 11 is 0. The van der Waals surface area contributed by atoms with Gasteiger partial charge in [0.1, 0.15) is 0 Å². The van der Waals surface area contributed by atoms with Crippen molar-refractivity contribution in [1.29, 1.82) is 0 Å². The van der Waals surface area contributed by atoms with Crippen LogP contribution in [0.3, 0.4) is 0 Å². The number of anilines is 1. The Morgan fingerprint density at radius 2 is 1.90 bits per heavy atom. The van der Waals surface area contributed by atoms with Gasteiger partial charge in [0.15, 0.2) is 0 Å². The molecule has 0 saturated heterocycles. The van der Waals surface area contributed by atoms with Crippen LogP contribution in [-0.2, 0) is 13.1 Å². The zero-order valence-corrected chi connectivity index (χ0v) is 12.2. The fourth-order valence-electron chi connectivity index (χ4n) is 2.56. The Morgan fingerprint density at radius 3 is 2.76 bits per heavy atom. The van der Waals surface area contributed by atoms with E-state index in [4.69, 9.17) is 5.73 Å². The van der Waals surface area contributed by atoms with E-state index in [9.17, 15) is 0 Å². The van der Waals surface area contributed by atoms with Crippen molar-refractivity contribution in [2.75, 3.05) is 11.9 Å². The lowest BCUT2D eigenvalue weighted by atomic mass is 10.1. The molecule has 0 radical (unpaired) electrons. The smallest absolute Gasteiger partial charge is 0.0705 e. The van der Waals surface area contributed by atoms with E-state index < -0.39 is 0 Å². The van der Waals surface area contributed by atoms with Crippen molar-refractivity contribution >= 4 is 16.6 Å². The van der Waals surface area contributed by atoms with Crippen LogP contribution in [0.25, 0.3) is 10.9 Å². The number of benzene rings is 2. The maximum absolute atomic E-state index is 5.72. The SMILES string of the molecule is CN(Cc1ccnc2ccccc12)c1cccc(CN)c1. The molecular formula is C18H19N3. The average Bonchev–Trinajstić information content (AvgIpc) is 2.55. The summed E-state index contributed by atoms with van der Waals surface area (Å²) in [6, 6.07) is 18.7. The second-order valence-electron chi connectivity index (χ2n) is 5.22. The van der Waals surface area contributed by atoms with Gasteiger partial charge in [-0.15, -0.1) is 0 Å². The monoisotopic (exact) mass is 277 g/mol. The predicted octanol–water partition coefficient (Wildman–Crippen LogP) is 3.33. The van der Waals surface area contributed by atoms with Gasteiger partial charge in [0.05, 0.1) is 5.52 Å². The van der Waals surface area contributed by atoms with Crippen LogP contribution in [0.2, 0.25) is 0 Å². The molecule has 2 N–H and O–H groups in total. The molecule has 0 spiro atoms. The zero-order valence-electron chi connectivity index (χ0n) is 12.2. The third-order valence-electron chi connectivity index (χ3n) is 3.73. The fourth-order valence-corrected chi connectivity index (χ4v) is 2.56. The highest BCUT2D eigenvalue weighted by Crippen LogP contribution is 2.21. The van der Waals surface area contributed by atoms with Crippen LogP contribution < -0.4 is 10.6 Å². The zero-order chi connectivity index (χ0) is 14.7. The Morgan fingerprint density at radius 1 is 1.05 bits per heavy atom. The summed E-state index contributed by atoms with van der Waals surface area (Å²) in [5.74, 6) is 0. The first kappa shape index (κ1) is 13.6. The van der Waals surface area contributed by atoms with E-state index in [2.05, 4.69) is 59.4 Å². The molecule has 0 unspecified atom stereocenters. The van der Waals surface area contributed by atoms with Gasteiger partial charge < -0.3 is 10.6 Å². The number of nitrogens with two attached hydrogens (primary N) is 1. The van der Waals surface area contributed by atoms with Crippen LogP contribution in [0.15, 0.2) is 60.8 Å². The van der Waals surface area contributed by atoms with Crippen molar-refractivity contribution in [1.82, 2.24) is 4.98 Å². The van der Waals surface area contributed by atoms with Crippen molar-refractivity contribution in [3.63, 3.8) is 0 Å². The number of hydrogen-bond donors (Lipinski definition) is 1. The summed E-state index contributed by atoms with van der Waals surface area (Å²) in [5.41, 5.74) is 10.4. The minimum absolute atomic E-state index is 0.569. The molecule has 0 saturated carbocycles. The van der Waals surface area contributed by atoms with E-state index in [0.29, 0.717) is 6.54 Å². The molecule has 3 rings (SSSR count).